The number of carboxylic acid groups (broad SMARTS) is 1. The summed E-state index contributed by atoms with van der Waals surface area (Å²) in [5.41, 5.74) is 1.27. The summed E-state index contributed by atoms with van der Waals surface area (Å²) in [5, 5.41) is 16.6. The zero-order valence-corrected chi connectivity index (χ0v) is 21.2. The fraction of sp³-hybridized carbons (Fsp3) is 0.429. The molecule has 184 valence electrons. The highest BCUT2D eigenvalue weighted by atomic mass is 35.5. The third-order valence-electron chi connectivity index (χ3n) is 4.81. The van der Waals surface area contributed by atoms with Crippen LogP contribution in [0.15, 0.2) is 27.9 Å². The van der Waals surface area contributed by atoms with Gasteiger partial charge in [-0.25, -0.2) is 4.98 Å². The van der Waals surface area contributed by atoms with Gasteiger partial charge >= 0.3 is 5.97 Å². The van der Waals surface area contributed by atoms with E-state index < -0.39 is 11.9 Å². The van der Waals surface area contributed by atoms with E-state index in [1.54, 1.807) is 11.4 Å². The number of rotatable bonds is 11. The molecule has 1 unspecified atom stereocenters. The van der Waals surface area contributed by atoms with Gasteiger partial charge in [0, 0.05) is 38.1 Å². The first-order valence-corrected chi connectivity index (χ1v) is 13.0. The van der Waals surface area contributed by atoms with Crippen molar-refractivity contribution in [3.63, 3.8) is 0 Å². The molecule has 1 fully saturated rings. The Balaban J connectivity index is 1.37. The van der Waals surface area contributed by atoms with Gasteiger partial charge in [0.25, 0.3) is 5.91 Å². The molecule has 13 heteroatoms. The van der Waals surface area contributed by atoms with Crippen molar-refractivity contribution >= 4 is 64.1 Å². The molecule has 0 spiro atoms. The van der Waals surface area contributed by atoms with Gasteiger partial charge in [0.05, 0.1) is 34.9 Å². The van der Waals surface area contributed by atoms with E-state index in [-0.39, 0.29) is 36.4 Å². The van der Waals surface area contributed by atoms with Crippen LogP contribution >= 0.6 is 46.3 Å². The predicted molar refractivity (Wildman–Crippen MR) is 132 cm³/mol. The van der Waals surface area contributed by atoms with E-state index in [0.717, 1.165) is 18.7 Å². The summed E-state index contributed by atoms with van der Waals surface area (Å²) in [6.07, 6.45) is -0.276. The molecule has 9 nitrogen and oxygen atoms in total. The molecule has 3 N–H and O–H groups in total. The van der Waals surface area contributed by atoms with E-state index in [1.807, 2.05) is 12.1 Å². The maximum absolute atomic E-state index is 12.3. The second-order valence-electron chi connectivity index (χ2n) is 7.47. The number of hydrogen-bond acceptors (Lipinski definition) is 8. The van der Waals surface area contributed by atoms with Gasteiger partial charge in [-0.1, -0.05) is 41.0 Å². The minimum atomic E-state index is -0.987. The lowest BCUT2D eigenvalue weighted by atomic mass is 10.2. The number of halogens is 2. The van der Waals surface area contributed by atoms with Crippen LogP contribution < -0.4 is 10.6 Å². The van der Waals surface area contributed by atoms with Crippen molar-refractivity contribution in [2.75, 3.05) is 38.5 Å². The van der Waals surface area contributed by atoms with E-state index in [2.05, 4.69) is 20.5 Å². The number of aromatic nitrogens is 1. The molecule has 1 aliphatic rings. The zero-order chi connectivity index (χ0) is 24.5. The molecule has 3 rings (SSSR count). The minimum absolute atomic E-state index is 0.0324. The quantitative estimate of drug-likeness (QED) is 0.368. The van der Waals surface area contributed by atoms with Crippen LogP contribution in [0.4, 0.5) is 0 Å². The number of carboxylic acids is 1. The highest BCUT2D eigenvalue weighted by molar-refractivity contribution is 8.01. The van der Waals surface area contributed by atoms with Gasteiger partial charge in [-0.3, -0.25) is 19.3 Å². The lowest BCUT2D eigenvalue weighted by molar-refractivity contribution is -0.136. The van der Waals surface area contributed by atoms with Crippen molar-refractivity contribution in [1.29, 1.82) is 0 Å². The minimum Gasteiger partial charge on any atom is -0.481 e. The van der Waals surface area contributed by atoms with Crippen LogP contribution in [0.2, 0.25) is 10.0 Å². The molecular formula is C21H24Cl2N4O5S2. The molecule has 1 saturated heterocycles. The Bertz CT molecular complexity index is 1020. The van der Waals surface area contributed by atoms with Gasteiger partial charge in [0.15, 0.2) is 4.34 Å². The normalized spacial score (nSPS) is 16.2. The number of ether oxygens (including phenoxy) is 1. The van der Waals surface area contributed by atoms with Crippen LogP contribution in [0.3, 0.4) is 0 Å². The first kappa shape index (κ1) is 26.7. The topological polar surface area (TPSA) is 121 Å². The summed E-state index contributed by atoms with van der Waals surface area (Å²) in [7, 11) is 0. The van der Waals surface area contributed by atoms with Gasteiger partial charge in [0.1, 0.15) is 5.69 Å². The molecule has 34 heavy (non-hydrogen) atoms. The summed E-state index contributed by atoms with van der Waals surface area (Å²) in [5.74, 6) is -1.42. The van der Waals surface area contributed by atoms with Crippen molar-refractivity contribution < 1.29 is 24.2 Å². The van der Waals surface area contributed by atoms with Crippen LogP contribution in [0.1, 0.15) is 22.5 Å². The van der Waals surface area contributed by atoms with E-state index >= 15 is 0 Å². The highest BCUT2D eigenvalue weighted by Gasteiger charge is 2.21. The fourth-order valence-electron chi connectivity index (χ4n) is 3.15. The zero-order valence-electron chi connectivity index (χ0n) is 18.1. The lowest BCUT2D eigenvalue weighted by Crippen LogP contribution is -2.47. The van der Waals surface area contributed by atoms with E-state index in [9.17, 15) is 14.4 Å². The average Bonchev–Trinajstić information content (AvgIpc) is 3.28. The number of thiazole rings is 1. The number of nitrogens with one attached hydrogen (secondary N) is 2. The second-order valence-corrected chi connectivity index (χ2v) is 10.4. The number of amides is 2. The van der Waals surface area contributed by atoms with Gasteiger partial charge in [-0.15, -0.1) is 11.3 Å². The summed E-state index contributed by atoms with van der Waals surface area (Å²) in [6.45, 7) is 3.19. The number of carbonyl (C=O) groups is 3. The molecule has 0 bridgehead atoms. The standard InChI is InChI=1S/C21H24Cl2N4O5S2/c22-15-2-1-13(7-16(15)23)9-27-5-6-32-14(10-27)8-25-18(28)12-34-21-26-17(11-33-21)20(31)24-4-3-19(29)30/h1-2,7,11,14H,3-6,8-10,12H2,(H,24,31)(H,25,28)(H,29,30). The summed E-state index contributed by atoms with van der Waals surface area (Å²) < 4.78 is 6.36. The van der Waals surface area contributed by atoms with Crippen LogP contribution in [-0.2, 0) is 20.9 Å². The molecule has 1 aliphatic heterocycles. The molecule has 0 saturated carbocycles. The maximum Gasteiger partial charge on any atom is 0.305 e. The molecule has 2 aromatic rings. The third-order valence-corrected chi connectivity index (χ3v) is 7.57. The van der Waals surface area contributed by atoms with E-state index in [4.69, 9.17) is 33.0 Å². The van der Waals surface area contributed by atoms with Crippen molar-refractivity contribution in [3.05, 3.63) is 44.9 Å². The number of thioether (sulfide) groups is 1. The Kier molecular flexibility index (Phi) is 10.4. The van der Waals surface area contributed by atoms with Gasteiger partial charge < -0.3 is 20.5 Å². The Morgan fingerprint density at radius 1 is 1.26 bits per heavy atom. The van der Waals surface area contributed by atoms with E-state index in [0.29, 0.717) is 34.1 Å². The summed E-state index contributed by atoms with van der Waals surface area (Å²) >= 11 is 14.6. The Hall–Kier alpha value is -1.89. The van der Waals surface area contributed by atoms with Gasteiger partial charge in [-0.05, 0) is 17.7 Å². The molecule has 2 heterocycles. The van der Waals surface area contributed by atoms with Crippen LogP contribution in [0.5, 0.6) is 0 Å². The van der Waals surface area contributed by atoms with E-state index in [1.165, 1.54) is 23.1 Å². The molecular weight excluding hydrogens is 523 g/mol. The monoisotopic (exact) mass is 546 g/mol. The molecule has 0 radical (unpaired) electrons. The summed E-state index contributed by atoms with van der Waals surface area (Å²) in [4.78, 5) is 41.1. The second kappa shape index (κ2) is 13.3. The third kappa shape index (κ3) is 8.71. The molecule has 1 atom stereocenters. The number of nitrogens with zero attached hydrogens (tertiary/aromatic N) is 2. The molecule has 2 amide bonds. The fourth-order valence-corrected chi connectivity index (χ4v) is 5.11. The first-order chi connectivity index (χ1) is 16.3. The molecule has 1 aromatic carbocycles. The van der Waals surface area contributed by atoms with Crippen molar-refractivity contribution in [2.45, 2.75) is 23.4 Å². The Morgan fingerprint density at radius 3 is 2.85 bits per heavy atom. The lowest BCUT2D eigenvalue weighted by Gasteiger charge is -2.33. The number of hydrogen-bond donors (Lipinski definition) is 3. The van der Waals surface area contributed by atoms with Gasteiger partial charge in [-0.2, -0.15) is 0 Å². The SMILES string of the molecule is O=C(O)CCNC(=O)c1csc(SCC(=O)NCC2CN(Cc3ccc(Cl)c(Cl)c3)CCO2)n1. The van der Waals surface area contributed by atoms with Crippen LogP contribution in [-0.4, -0.2) is 77.4 Å². The highest BCUT2D eigenvalue weighted by Crippen LogP contribution is 2.24. The van der Waals surface area contributed by atoms with Gasteiger partial charge in [0.2, 0.25) is 5.91 Å². The number of carbonyl (C=O) groups excluding carboxylic acids is 2. The number of morpholine rings is 1. The van der Waals surface area contributed by atoms with Crippen LogP contribution in [0.25, 0.3) is 0 Å². The van der Waals surface area contributed by atoms with Crippen molar-refractivity contribution in [2.24, 2.45) is 0 Å². The Morgan fingerprint density at radius 2 is 2.09 bits per heavy atom. The number of benzene rings is 1. The molecule has 0 aliphatic carbocycles. The largest absolute Gasteiger partial charge is 0.481 e. The smallest absolute Gasteiger partial charge is 0.305 e. The van der Waals surface area contributed by atoms with Crippen molar-refractivity contribution in [1.82, 2.24) is 20.5 Å². The average molecular weight is 547 g/mol. The Labute approximate surface area is 215 Å². The maximum atomic E-state index is 12.3. The first-order valence-electron chi connectivity index (χ1n) is 10.4. The van der Waals surface area contributed by atoms with Crippen LogP contribution in [0, 0.1) is 0 Å². The molecule has 1 aromatic heterocycles. The van der Waals surface area contributed by atoms with Crippen molar-refractivity contribution in [3.8, 4) is 0 Å². The predicted octanol–water partition coefficient (Wildman–Crippen LogP) is 2.76. The number of aliphatic carboxylic acids is 1. The summed E-state index contributed by atoms with van der Waals surface area (Å²) in [6, 6.07) is 5.59.